The highest BCUT2D eigenvalue weighted by Gasteiger charge is 2.53. The number of hydrazine groups is 1. The van der Waals surface area contributed by atoms with Crippen molar-refractivity contribution < 1.29 is 9.53 Å². The molecule has 1 unspecified atom stereocenters. The van der Waals surface area contributed by atoms with E-state index in [1.165, 1.54) is 11.4 Å². The molecule has 0 radical (unpaired) electrons. The van der Waals surface area contributed by atoms with E-state index in [1.807, 2.05) is 37.3 Å². The minimum Gasteiger partial charge on any atom is -0.453 e. The molecule has 0 spiro atoms. The van der Waals surface area contributed by atoms with Gasteiger partial charge < -0.3 is 4.74 Å². The monoisotopic (exact) mass is 304 g/mol. The summed E-state index contributed by atoms with van der Waals surface area (Å²) in [6.45, 7) is 1.88. The number of thiocarbonyl (C=S) groups is 1. The van der Waals surface area contributed by atoms with Crippen LogP contribution < -0.4 is 5.43 Å². The first kappa shape index (κ1) is 14.3. The number of anilines is 1. The van der Waals surface area contributed by atoms with Crippen molar-refractivity contribution in [1.82, 2.24) is 5.01 Å². The Hall–Kier alpha value is -1.62. The predicted octanol–water partition coefficient (Wildman–Crippen LogP) is 3.50. The van der Waals surface area contributed by atoms with Gasteiger partial charge in [0.2, 0.25) is 0 Å². The lowest BCUT2D eigenvalue weighted by molar-refractivity contribution is -0.139. The Morgan fingerprint density at radius 2 is 1.90 bits per heavy atom. The summed E-state index contributed by atoms with van der Waals surface area (Å²) in [5.41, 5.74) is 3.06. The molecule has 5 heteroatoms. The van der Waals surface area contributed by atoms with Crippen LogP contribution in [0.15, 0.2) is 30.3 Å². The third-order valence-electron chi connectivity index (χ3n) is 4.51. The van der Waals surface area contributed by atoms with Crippen LogP contribution in [0.1, 0.15) is 39.0 Å². The van der Waals surface area contributed by atoms with Crippen LogP contribution >= 0.6 is 12.2 Å². The van der Waals surface area contributed by atoms with E-state index in [2.05, 4.69) is 5.43 Å². The number of hydrogen-bond acceptors (Lipinski definition) is 4. The zero-order valence-electron chi connectivity index (χ0n) is 12.2. The highest BCUT2D eigenvalue weighted by atomic mass is 32.1. The molecule has 1 heterocycles. The fourth-order valence-corrected chi connectivity index (χ4v) is 3.53. The lowest BCUT2D eigenvalue weighted by Crippen LogP contribution is -2.46. The minimum atomic E-state index is -0.820. The van der Waals surface area contributed by atoms with Crippen LogP contribution in [0.25, 0.3) is 0 Å². The Labute approximate surface area is 130 Å². The number of carbonyl (C=O) groups excluding carboxylic acids is 1. The van der Waals surface area contributed by atoms with E-state index in [9.17, 15) is 4.79 Å². The second-order valence-corrected chi connectivity index (χ2v) is 6.28. The normalized spacial score (nSPS) is 26.8. The number of para-hydroxylation sites is 1. The summed E-state index contributed by atoms with van der Waals surface area (Å²) in [4.78, 5) is 12.8. The fraction of sp³-hybridized carbons (Fsp3) is 0.500. The molecule has 2 fully saturated rings. The van der Waals surface area contributed by atoms with Crippen molar-refractivity contribution in [2.45, 2.75) is 44.6 Å². The van der Waals surface area contributed by atoms with Crippen LogP contribution in [-0.4, -0.2) is 21.7 Å². The summed E-state index contributed by atoms with van der Waals surface area (Å²) < 4.78 is 5.83. The molecule has 1 saturated carbocycles. The first-order chi connectivity index (χ1) is 10.1. The molecule has 3 rings (SSSR count). The van der Waals surface area contributed by atoms with Crippen molar-refractivity contribution in [2.75, 3.05) is 5.43 Å². The number of hydrogen-bond donors (Lipinski definition) is 1. The molecule has 2 aliphatic rings. The van der Waals surface area contributed by atoms with E-state index < -0.39 is 5.60 Å². The van der Waals surface area contributed by atoms with E-state index in [1.54, 1.807) is 0 Å². The topological polar surface area (TPSA) is 41.6 Å². The van der Waals surface area contributed by atoms with Crippen LogP contribution in [0.4, 0.5) is 5.69 Å². The number of carbonyl (C=O) groups is 1. The number of rotatable bonds is 3. The number of amides is 1. The molecule has 1 N–H and O–H groups in total. The van der Waals surface area contributed by atoms with Gasteiger partial charge in [0.15, 0.2) is 5.60 Å². The molecule has 112 valence electrons. The summed E-state index contributed by atoms with van der Waals surface area (Å²) in [6, 6.07) is 9.54. The number of nitrogens with one attached hydrogen (secondary N) is 1. The highest BCUT2D eigenvalue weighted by Crippen LogP contribution is 2.39. The molecule has 1 atom stereocenters. The standard InChI is InChI=1S/C16H20N2O2S/c1-16(12-8-4-2-5-9-12)14(19)18(15(21)20-16)17-13-10-6-3-7-11-13/h3,6-7,10-12,17H,2,4-5,8-9H2,1H3. The van der Waals surface area contributed by atoms with Gasteiger partial charge in [0, 0.05) is 5.92 Å². The maximum Gasteiger partial charge on any atom is 0.293 e. The number of benzene rings is 1. The first-order valence-corrected chi connectivity index (χ1v) is 7.91. The molecule has 1 amide bonds. The van der Waals surface area contributed by atoms with E-state index in [0.717, 1.165) is 31.4 Å². The Balaban J connectivity index is 1.78. The molecular formula is C16H20N2O2S. The van der Waals surface area contributed by atoms with E-state index in [4.69, 9.17) is 17.0 Å². The van der Waals surface area contributed by atoms with Crippen molar-refractivity contribution in [3.8, 4) is 0 Å². The smallest absolute Gasteiger partial charge is 0.293 e. The molecular weight excluding hydrogens is 284 g/mol. The second kappa shape index (κ2) is 5.64. The average molecular weight is 304 g/mol. The van der Waals surface area contributed by atoms with Gasteiger partial charge in [-0.05, 0) is 44.1 Å². The van der Waals surface area contributed by atoms with Crippen LogP contribution in [0.2, 0.25) is 0 Å². The van der Waals surface area contributed by atoms with Gasteiger partial charge in [0.25, 0.3) is 11.1 Å². The maximum atomic E-state index is 12.8. The van der Waals surface area contributed by atoms with Crippen LogP contribution in [0, 0.1) is 5.92 Å². The first-order valence-electron chi connectivity index (χ1n) is 7.50. The van der Waals surface area contributed by atoms with Gasteiger partial charge in [-0.15, -0.1) is 0 Å². The second-order valence-electron chi connectivity index (χ2n) is 5.93. The Morgan fingerprint density at radius 1 is 1.24 bits per heavy atom. The molecule has 1 saturated heterocycles. The van der Waals surface area contributed by atoms with Crippen LogP contribution in [0.3, 0.4) is 0 Å². The number of nitrogens with zero attached hydrogens (tertiary/aromatic N) is 1. The van der Waals surface area contributed by atoms with Gasteiger partial charge >= 0.3 is 0 Å². The third kappa shape index (κ3) is 2.62. The van der Waals surface area contributed by atoms with Crippen molar-refractivity contribution in [2.24, 2.45) is 5.92 Å². The predicted molar refractivity (Wildman–Crippen MR) is 85.6 cm³/mol. The highest BCUT2D eigenvalue weighted by molar-refractivity contribution is 7.80. The van der Waals surface area contributed by atoms with Gasteiger partial charge in [-0.1, -0.05) is 37.5 Å². The summed E-state index contributed by atoms with van der Waals surface area (Å²) in [5, 5.41) is 1.59. The maximum absolute atomic E-state index is 12.8. The van der Waals surface area contributed by atoms with E-state index >= 15 is 0 Å². The molecule has 21 heavy (non-hydrogen) atoms. The van der Waals surface area contributed by atoms with Crippen molar-refractivity contribution >= 4 is 29.0 Å². The zero-order chi connectivity index (χ0) is 14.9. The SMILES string of the molecule is CC1(C2CCCCC2)OC(=S)N(Nc2ccccc2)C1=O. The molecule has 4 nitrogen and oxygen atoms in total. The Kier molecular flexibility index (Phi) is 3.85. The summed E-state index contributed by atoms with van der Waals surface area (Å²) in [6.07, 6.45) is 5.64. The number of ether oxygens (including phenoxy) is 1. The van der Waals surface area contributed by atoms with Gasteiger partial charge in [0.05, 0.1) is 5.69 Å². The van der Waals surface area contributed by atoms with Crippen molar-refractivity contribution in [3.05, 3.63) is 30.3 Å². The lowest BCUT2D eigenvalue weighted by Gasteiger charge is -2.33. The molecule has 1 aromatic rings. The van der Waals surface area contributed by atoms with E-state index in [-0.39, 0.29) is 17.0 Å². The van der Waals surface area contributed by atoms with Crippen LogP contribution in [-0.2, 0) is 9.53 Å². The molecule has 1 aromatic carbocycles. The molecule has 1 aliphatic carbocycles. The largest absolute Gasteiger partial charge is 0.453 e. The molecule has 1 aliphatic heterocycles. The van der Waals surface area contributed by atoms with Crippen molar-refractivity contribution in [3.63, 3.8) is 0 Å². The summed E-state index contributed by atoms with van der Waals surface area (Å²) in [5.74, 6) is 0.169. The Morgan fingerprint density at radius 3 is 2.57 bits per heavy atom. The molecule has 0 bridgehead atoms. The quantitative estimate of drug-likeness (QED) is 0.868. The summed E-state index contributed by atoms with van der Waals surface area (Å²) >= 11 is 5.26. The van der Waals surface area contributed by atoms with Crippen LogP contribution in [0.5, 0.6) is 0 Å². The minimum absolute atomic E-state index is 0.0803. The zero-order valence-corrected chi connectivity index (χ0v) is 13.0. The van der Waals surface area contributed by atoms with Gasteiger partial charge in [0.1, 0.15) is 0 Å². The van der Waals surface area contributed by atoms with Gasteiger partial charge in [-0.25, -0.2) is 0 Å². The van der Waals surface area contributed by atoms with E-state index in [0.29, 0.717) is 0 Å². The lowest BCUT2D eigenvalue weighted by atomic mass is 9.77. The van der Waals surface area contributed by atoms with Crippen molar-refractivity contribution in [1.29, 1.82) is 0 Å². The average Bonchev–Trinajstić information content (AvgIpc) is 2.74. The van der Waals surface area contributed by atoms with Gasteiger partial charge in [-0.2, -0.15) is 5.01 Å². The third-order valence-corrected chi connectivity index (χ3v) is 4.77. The van der Waals surface area contributed by atoms with Gasteiger partial charge in [-0.3, -0.25) is 10.2 Å². The fourth-order valence-electron chi connectivity index (χ4n) is 3.23. The summed E-state index contributed by atoms with van der Waals surface area (Å²) in [7, 11) is 0. The molecule has 0 aromatic heterocycles. The Bertz CT molecular complexity index is 542.